The summed E-state index contributed by atoms with van der Waals surface area (Å²) in [5, 5.41) is 0. The average Bonchev–Trinajstić information content (AvgIpc) is 2.87. The normalized spacial score (nSPS) is 13.2. The van der Waals surface area contributed by atoms with Crippen LogP contribution in [-0.2, 0) is 7.05 Å². The largest absolute Gasteiger partial charge is 0.460 e. The molecule has 1 aromatic carbocycles. The minimum atomic E-state index is -6.58. The van der Waals surface area contributed by atoms with Gasteiger partial charge in [0, 0.05) is 12.6 Å². The van der Waals surface area contributed by atoms with E-state index in [1.807, 2.05) is 0 Å². The number of aromatic nitrogens is 2. The van der Waals surface area contributed by atoms with Gasteiger partial charge in [0.05, 0.1) is 6.20 Å². The minimum absolute atomic E-state index is 0.0370. The van der Waals surface area contributed by atoms with E-state index in [1.54, 1.807) is 18.2 Å². The SMILES string of the molecule is Cn1c(C(=O)C(F)(F)C(F)(F)C(F)(F)F)cnc1-c1ccccc1. The first-order valence-electron chi connectivity index (χ1n) is 6.35. The lowest BCUT2D eigenvalue weighted by atomic mass is 10.0. The molecule has 0 aliphatic heterocycles. The number of hydrogen-bond donors (Lipinski definition) is 0. The van der Waals surface area contributed by atoms with Gasteiger partial charge < -0.3 is 4.57 Å². The molecular formula is C14H9F7N2O. The van der Waals surface area contributed by atoms with Crippen molar-refractivity contribution in [2.75, 3.05) is 0 Å². The van der Waals surface area contributed by atoms with E-state index in [0.29, 0.717) is 11.8 Å². The zero-order valence-electron chi connectivity index (χ0n) is 11.9. The van der Waals surface area contributed by atoms with Crippen LogP contribution in [0.1, 0.15) is 10.5 Å². The number of Topliss-reactive ketones (excluding diaryl/α,β-unsaturated/α-hetero) is 1. The van der Waals surface area contributed by atoms with Gasteiger partial charge in [0.1, 0.15) is 11.5 Å². The molecule has 0 spiro atoms. The highest BCUT2D eigenvalue weighted by atomic mass is 19.4. The van der Waals surface area contributed by atoms with Crippen LogP contribution in [0.4, 0.5) is 30.7 Å². The van der Waals surface area contributed by atoms with Crippen molar-refractivity contribution in [1.82, 2.24) is 9.55 Å². The Bertz CT molecular complexity index is 750. The Morgan fingerprint density at radius 3 is 2.04 bits per heavy atom. The van der Waals surface area contributed by atoms with Crippen LogP contribution < -0.4 is 0 Å². The lowest BCUT2D eigenvalue weighted by Gasteiger charge is -2.26. The second-order valence-electron chi connectivity index (χ2n) is 4.87. The van der Waals surface area contributed by atoms with Crippen molar-refractivity contribution in [3.8, 4) is 11.4 Å². The van der Waals surface area contributed by atoms with Gasteiger partial charge in [-0.05, 0) is 0 Å². The number of alkyl halides is 7. The lowest BCUT2D eigenvalue weighted by Crippen LogP contribution is -2.56. The number of carbonyl (C=O) groups is 1. The Balaban J connectivity index is 2.47. The third-order valence-electron chi connectivity index (χ3n) is 3.29. The molecule has 2 rings (SSSR count). The lowest BCUT2D eigenvalue weighted by molar-refractivity contribution is -0.339. The van der Waals surface area contributed by atoms with Gasteiger partial charge in [0.2, 0.25) is 0 Å². The zero-order valence-corrected chi connectivity index (χ0v) is 11.9. The Kier molecular flexibility index (Phi) is 4.19. The summed E-state index contributed by atoms with van der Waals surface area (Å²) in [7, 11) is 1.06. The third kappa shape index (κ3) is 2.65. The van der Waals surface area contributed by atoms with Gasteiger partial charge in [0.15, 0.2) is 0 Å². The Morgan fingerprint density at radius 1 is 1.00 bits per heavy atom. The number of rotatable bonds is 4. The van der Waals surface area contributed by atoms with Crippen molar-refractivity contribution in [2.45, 2.75) is 18.0 Å². The van der Waals surface area contributed by atoms with E-state index in [0.717, 1.165) is 11.6 Å². The van der Waals surface area contributed by atoms with E-state index in [9.17, 15) is 35.5 Å². The van der Waals surface area contributed by atoms with Crippen molar-refractivity contribution >= 4 is 5.78 Å². The minimum Gasteiger partial charge on any atom is -0.325 e. The number of carbonyl (C=O) groups excluding carboxylic acids is 1. The van der Waals surface area contributed by atoms with Crippen molar-refractivity contribution in [1.29, 1.82) is 0 Å². The molecule has 0 amide bonds. The van der Waals surface area contributed by atoms with Crippen LogP contribution in [0, 0.1) is 0 Å². The summed E-state index contributed by atoms with van der Waals surface area (Å²) in [6.07, 6.45) is -6.04. The highest BCUT2D eigenvalue weighted by Crippen LogP contribution is 2.47. The van der Waals surface area contributed by atoms with Gasteiger partial charge in [-0.1, -0.05) is 30.3 Å². The van der Waals surface area contributed by atoms with Crippen molar-refractivity contribution < 1.29 is 35.5 Å². The molecular weight excluding hydrogens is 345 g/mol. The zero-order chi connectivity index (χ0) is 18.3. The molecule has 3 nitrogen and oxygen atoms in total. The van der Waals surface area contributed by atoms with E-state index in [2.05, 4.69) is 4.98 Å². The van der Waals surface area contributed by atoms with Crippen molar-refractivity contribution in [3.05, 3.63) is 42.2 Å². The molecule has 0 aliphatic carbocycles. The molecule has 0 atom stereocenters. The van der Waals surface area contributed by atoms with Crippen molar-refractivity contribution in [2.24, 2.45) is 7.05 Å². The predicted molar refractivity (Wildman–Crippen MR) is 68.9 cm³/mol. The molecule has 1 aromatic heterocycles. The molecule has 10 heteroatoms. The van der Waals surface area contributed by atoms with Gasteiger partial charge in [-0.25, -0.2) is 4.98 Å². The molecule has 0 aliphatic rings. The number of benzene rings is 1. The fraction of sp³-hybridized carbons (Fsp3) is 0.286. The number of halogens is 7. The topological polar surface area (TPSA) is 34.9 Å². The number of nitrogens with zero attached hydrogens (tertiary/aromatic N) is 2. The van der Waals surface area contributed by atoms with E-state index < -0.39 is 29.5 Å². The molecule has 130 valence electrons. The van der Waals surface area contributed by atoms with E-state index >= 15 is 0 Å². The Morgan fingerprint density at radius 2 is 1.54 bits per heavy atom. The van der Waals surface area contributed by atoms with Crippen LogP contribution in [0.25, 0.3) is 11.4 Å². The maximum absolute atomic E-state index is 13.5. The second-order valence-corrected chi connectivity index (χ2v) is 4.87. The molecule has 0 fully saturated rings. The summed E-state index contributed by atoms with van der Waals surface area (Å²) in [5.41, 5.74) is -0.701. The first-order valence-corrected chi connectivity index (χ1v) is 6.35. The van der Waals surface area contributed by atoms with Crippen molar-refractivity contribution in [3.63, 3.8) is 0 Å². The van der Waals surface area contributed by atoms with E-state index in [-0.39, 0.29) is 5.82 Å². The molecule has 0 unspecified atom stereocenters. The quantitative estimate of drug-likeness (QED) is 0.612. The van der Waals surface area contributed by atoms with Gasteiger partial charge in [-0.3, -0.25) is 4.79 Å². The summed E-state index contributed by atoms with van der Waals surface area (Å²) >= 11 is 0. The smallest absolute Gasteiger partial charge is 0.325 e. The number of imidazole rings is 1. The summed E-state index contributed by atoms with van der Waals surface area (Å²) in [4.78, 5) is 15.3. The molecule has 24 heavy (non-hydrogen) atoms. The summed E-state index contributed by atoms with van der Waals surface area (Å²) in [6.45, 7) is 0. The molecule has 0 saturated heterocycles. The Hall–Kier alpha value is -2.39. The van der Waals surface area contributed by atoms with Crippen LogP contribution >= 0.6 is 0 Å². The number of hydrogen-bond acceptors (Lipinski definition) is 2. The van der Waals surface area contributed by atoms with E-state index in [4.69, 9.17) is 0 Å². The molecule has 0 bridgehead atoms. The first kappa shape index (κ1) is 18.0. The van der Waals surface area contributed by atoms with Crippen LogP contribution in [-0.4, -0.2) is 33.4 Å². The number of ketones is 1. The van der Waals surface area contributed by atoms with Crippen LogP contribution in [0.5, 0.6) is 0 Å². The summed E-state index contributed by atoms with van der Waals surface area (Å²) < 4.78 is 90.2. The van der Waals surface area contributed by atoms with E-state index in [1.165, 1.54) is 12.1 Å². The summed E-state index contributed by atoms with van der Waals surface area (Å²) in [6, 6.07) is 7.77. The Labute approximate surface area is 130 Å². The molecule has 2 aromatic rings. The highest BCUT2D eigenvalue weighted by molar-refractivity contribution is 6.01. The van der Waals surface area contributed by atoms with Gasteiger partial charge >= 0.3 is 18.0 Å². The van der Waals surface area contributed by atoms with Gasteiger partial charge in [0.25, 0.3) is 5.78 Å². The maximum Gasteiger partial charge on any atom is 0.460 e. The van der Waals surface area contributed by atoms with Gasteiger partial charge in [-0.2, -0.15) is 30.7 Å². The first-order chi connectivity index (χ1) is 10.9. The van der Waals surface area contributed by atoms with Crippen LogP contribution in [0.15, 0.2) is 36.5 Å². The maximum atomic E-state index is 13.5. The fourth-order valence-electron chi connectivity index (χ4n) is 1.96. The summed E-state index contributed by atoms with van der Waals surface area (Å²) in [5.74, 6) is -15.2. The van der Waals surface area contributed by atoms with Crippen LogP contribution in [0.2, 0.25) is 0 Å². The second kappa shape index (κ2) is 5.60. The third-order valence-corrected chi connectivity index (χ3v) is 3.29. The fourth-order valence-corrected chi connectivity index (χ4v) is 1.96. The van der Waals surface area contributed by atoms with Gasteiger partial charge in [-0.15, -0.1) is 0 Å². The molecule has 0 radical (unpaired) electrons. The predicted octanol–water partition coefficient (Wildman–Crippen LogP) is 4.10. The standard InChI is InChI=1S/C14H9F7N2O/c1-23-9(7-22-11(23)8-5-3-2-4-6-8)10(24)12(15,16)13(17,18)14(19,20)21/h2-7H,1H3. The molecule has 1 heterocycles. The molecule has 0 saturated carbocycles. The average molecular weight is 354 g/mol. The monoisotopic (exact) mass is 354 g/mol. The van der Waals surface area contributed by atoms with Crippen LogP contribution in [0.3, 0.4) is 0 Å². The molecule has 0 N–H and O–H groups in total. The highest BCUT2D eigenvalue weighted by Gasteiger charge is 2.76.